The Morgan fingerprint density at radius 2 is 2.25 bits per heavy atom. The standard InChI is InChI=1S/C16H17BrClNS/c1-2-7-19-15(14-9-13(18)16(17)20-14)12-8-10-5-3-4-6-11(10)12/h3-6,9,12,15,19H,2,7-8H2,1H3. The third-order valence-electron chi connectivity index (χ3n) is 3.88. The first-order valence-electron chi connectivity index (χ1n) is 6.96. The minimum Gasteiger partial charge on any atom is -0.309 e. The monoisotopic (exact) mass is 369 g/mol. The average molecular weight is 371 g/mol. The van der Waals surface area contributed by atoms with E-state index >= 15 is 0 Å². The van der Waals surface area contributed by atoms with E-state index in [1.54, 1.807) is 11.3 Å². The van der Waals surface area contributed by atoms with Crippen molar-refractivity contribution in [2.75, 3.05) is 6.54 Å². The van der Waals surface area contributed by atoms with Gasteiger partial charge in [0.05, 0.1) is 8.81 Å². The van der Waals surface area contributed by atoms with Gasteiger partial charge in [-0.25, -0.2) is 0 Å². The zero-order chi connectivity index (χ0) is 14.1. The van der Waals surface area contributed by atoms with Crippen molar-refractivity contribution in [1.82, 2.24) is 5.32 Å². The highest BCUT2D eigenvalue weighted by molar-refractivity contribution is 9.11. The van der Waals surface area contributed by atoms with Gasteiger partial charge in [-0.15, -0.1) is 11.3 Å². The fourth-order valence-corrected chi connectivity index (χ4v) is 4.74. The summed E-state index contributed by atoms with van der Waals surface area (Å²) in [6, 6.07) is 11.2. The van der Waals surface area contributed by atoms with Crippen molar-refractivity contribution in [2.45, 2.75) is 31.7 Å². The number of nitrogens with one attached hydrogen (secondary N) is 1. The van der Waals surface area contributed by atoms with E-state index in [0.717, 1.165) is 28.2 Å². The summed E-state index contributed by atoms with van der Waals surface area (Å²) in [5.74, 6) is 0.569. The van der Waals surface area contributed by atoms with Crippen LogP contribution in [0.25, 0.3) is 0 Å². The van der Waals surface area contributed by atoms with Gasteiger partial charge in [0, 0.05) is 16.8 Å². The summed E-state index contributed by atoms with van der Waals surface area (Å²) < 4.78 is 1.03. The summed E-state index contributed by atoms with van der Waals surface area (Å²) in [6.07, 6.45) is 2.30. The van der Waals surface area contributed by atoms with Crippen LogP contribution in [0.2, 0.25) is 5.02 Å². The third-order valence-corrected chi connectivity index (χ3v) is 6.44. The van der Waals surface area contributed by atoms with E-state index in [-0.39, 0.29) is 0 Å². The van der Waals surface area contributed by atoms with Crippen LogP contribution in [0.15, 0.2) is 34.1 Å². The van der Waals surface area contributed by atoms with Crippen molar-refractivity contribution in [1.29, 1.82) is 0 Å². The van der Waals surface area contributed by atoms with Crippen molar-refractivity contribution >= 4 is 38.9 Å². The molecule has 1 nitrogen and oxygen atoms in total. The van der Waals surface area contributed by atoms with Crippen molar-refractivity contribution in [2.24, 2.45) is 0 Å². The van der Waals surface area contributed by atoms with Crippen molar-refractivity contribution in [3.63, 3.8) is 0 Å². The van der Waals surface area contributed by atoms with Gasteiger partial charge in [-0.3, -0.25) is 0 Å². The molecule has 0 fully saturated rings. The minimum atomic E-state index is 0.374. The molecule has 0 radical (unpaired) electrons. The first-order valence-corrected chi connectivity index (χ1v) is 8.95. The lowest BCUT2D eigenvalue weighted by molar-refractivity contribution is 0.417. The summed E-state index contributed by atoms with van der Waals surface area (Å²) in [7, 11) is 0. The normalized spacial score (nSPS) is 18.4. The van der Waals surface area contributed by atoms with E-state index < -0.39 is 0 Å². The molecule has 2 atom stereocenters. The van der Waals surface area contributed by atoms with E-state index in [4.69, 9.17) is 11.6 Å². The zero-order valence-electron chi connectivity index (χ0n) is 11.3. The third kappa shape index (κ3) is 2.69. The predicted molar refractivity (Wildman–Crippen MR) is 91.0 cm³/mol. The lowest BCUT2D eigenvalue weighted by atomic mass is 9.73. The lowest BCUT2D eigenvalue weighted by Gasteiger charge is -2.36. The number of benzene rings is 1. The second kappa shape index (κ2) is 6.18. The van der Waals surface area contributed by atoms with Crippen LogP contribution in [0.4, 0.5) is 0 Å². The molecular formula is C16H17BrClNS. The molecule has 3 rings (SSSR count). The molecule has 1 aromatic carbocycles. The Labute approximate surface area is 137 Å². The molecular weight excluding hydrogens is 354 g/mol. The molecule has 4 heteroatoms. The minimum absolute atomic E-state index is 0.374. The Kier molecular flexibility index (Phi) is 4.51. The van der Waals surface area contributed by atoms with Crippen molar-refractivity contribution in [3.8, 4) is 0 Å². The van der Waals surface area contributed by atoms with Gasteiger partial charge < -0.3 is 5.32 Å². The van der Waals surface area contributed by atoms with E-state index in [1.807, 2.05) is 0 Å². The molecule has 0 spiro atoms. The summed E-state index contributed by atoms with van der Waals surface area (Å²) in [6.45, 7) is 3.24. The number of halogens is 2. The van der Waals surface area contributed by atoms with E-state index in [0.29, 0.717) is 12.0 Å². The summed E-state index contributed by atoms with van der Waals surface area (Å²) in [4.78, 5) is 1.33. The molecule has 1 aromatic heterocycles. The molecule has 1 aliphatic carbocycles. The van der Waals surface area contributed by atoms with E-state index in [1.165, 1.54) is 16.0 Å². The van der Waals surface area contributed by atoms with Crippen LogP contribution < -0.4 is 5.32 Å². The van der Waals surface area contributed by atoms with Crippen LogP contribution in [-0.2, 0) is 6.42 Å². The maximum atomic E-state index is 6.21. The second-order valence-corrected chi connectivity index (χ2v) is 8.02. The van der Waals surface area contributed by atoms with Gasteiger partial charge in [0.15, 0.2) is 0 Å². The predicted octanol–water partition coefficient (Wildman–Crippen LogP) is 5.54. The van der Waals surface area contributed by atoms with Gasteiger partial charge in [-0.1, -0.05) is 42.8 Å². The SMILES string of the molecule is CCCNC(c1cc(Cl)c(Br)s1)C1Cc2ccccc21. The topological polar surface area (TPSA) is 12.0 Å². The highest BCUT2D eigenvalue weighted by atomic mass is 79.9. The fourth-order valence-electron chi connectivity index (χ4n) is 2.85. The second-order valence-electron chi connectivity index (χ2n) is 5.21. The van der Waals surface area contributed by atoms with Gasteiger partial charge in [-0.05, 0) is 52.5 Å². The molecule has 0 aliphatic heterocycles. The van der Waals surface area contributed by atoms with Crippen LogP contribution in [-0.4, -0.2) is 6.54 Å². The fraction of sp³-hybridized carbons (Fsp3) is 0.375. The zero-order valence-corrected chi connectivity index (χ0v) is 14.5. The van der Waals surface area contributed by atoms with Crippen LogP contribution in [0.1, 0.15) is 41.3 Å². The first-order chi connectivity index (χ1) is 9.70. The summed E-state index contributed by atoms with van der Waals surface area (Å²) in [5.41, 5.74) is 2.98. The van der Waals surface area contributed by atoms with Crippen LogP contribution in [0.3, 0.4) is 0 Å². The lowest BCUT2D eigenvalue weighted by Crippen LogP contribution is -2.33. The molecule has 0 amide bonds. The molecule has 1 heterocycles. The van der Waals surface area contributed by atoms with Crippen LogP contribution in [0.5, 0.6) is 0 Å². The number of fused-ring (bicyclic) bond motifs is 1. The molecule has 0 saturated carbocycles. The number of rotatable bonds is 5. The maximum absolute atomic E-state index is 6.21. The number of thiophene rings is 1. The van der Waals surface area contributed by atoms with Gasteiger partial charge >= 0.3 is 0 Å². The van der Waals surface area contributed by atoms with E-state index in [2.05, 4.69) is 58.5 Å². The molecule has 0 saturated heterocycles. The Bertz CT molecular complexity index is 591. The maximum Gasteiger partial charge on any atom is 0.0888 e. The Hall–Kier alpha value is -0.350. The molecule has 0 bridgehead atoms. The van der Waals surface area contributed by atoms with Crippen molar-refractivity contribution < 1.29 is 0 Å². The molecule has 1 aliphatic rings. The number of hydrogen-bond donors (Lipinski definition) is 1. The smallest absolute Gasteiger partial charge is 0.0888 e. The number of hydrogen-bond acceptors (Lipinski definition) is 2. The quantitative estimate of drug-likeness (QED) is 0.728. The molecule has 106 valence electrons. The molecule has 2 unspecified atom stereocenters. The summed E-state index contributed by atoms with van der Waals surface area (Å²) >= 11 is 11.5. The highest BCUT2D eigenvalue weighted by Gasteiger charge is 2.34. The van der Waals surface area contributed by atoms with Crippen molar-refractivity contribution in [3.05, 3.63) is 55.1 Å². The summed E-state index contributed by atoms with van der Waals surface area (Å²) in [5, 5.41) is 4.52. The Balaban J connectivity index is 1.88. The molecule has 1 N–H and O–H groups in total. The van der Waals surface area contributed by atoms with Gasteiger partial charge in [0.1, 0.15) is 0 Å². The Morgan fingerprint density at radius 1 is 1.45 bits per heavy atom. The first kappa shape index (κ1) is 14.6. The van der Waals surface area contributed by atoms with Crippen LogP contribution >= 0.6 is 38.9 Å². The average Bonchev–Trinajstić information content (AvgIpc) is 2.75. The highest BCUT2D eigenvalue weighted by Crippen LogP contribution is 2.46. The molecule has 20 heavy (non-hydrogen) atoms. The van der Waals surface area contributed by atoms with E-state index in [9.17, 15) is 0 Å². The van der Waals surface area contributed by atoms with Gasteiger partial charge in [0.25, 0.3) is 0 Å². The van der Waals surface area contributed by atoms with Crippen LogP contribution in [0, 0.1) is 0 Å². The van der Waals surface area contributed by atoms with Gasteiger partial charge in [0.2, 0.25) is 0 Å². The Morgan fingerprint density at radius 3 is 2.90 bits per heavy atom. The molecule has 2 aromatic rings. The van der Waals surface area contributed by atoms with Gasteiger partial charge in [-0.2, -0.15) is 0 Å². The largest absolute Gasteiger partial charge is 0.309 e.